The van der Waals surface area contributed by atoms with Gasteiger partial charge in [0.2, 0.25) is 5.91 Å². The van der Waals surface area contributed by atoms with E-state index in [1.165, 1.54) is 4.90 Å². The zero-order valence-corrected chi connectivity index (χ0v) is 20.2. The molecular weight excluding hydrogens is 482 g/mol. The van der Waals surface area contributed by atoms with Crippen molar-refractivity contribution < 1.29 is 23.9 Å². The van der Waals surface area contributed by atoms with Crippen LogP contribution in [0.5, 0.6) is 5.75 Å². The van der Waals surface area contributed by atoms with Gasteiger partial charge in [0.25, 0.3) is 0 Å². The summed E-state index contributed by atoms with van der Waals surface area (Å²) in [4.78, 5) is 46.2. The third-order valence-electron chi connectivity index (χ3n) is 6.83. The monoisotopic (exact) mass is 505 g/mol. The molecule has 3 atom stereocenters. The maximum Gasteiger partial charge on any atom is 0.423 e. The minimum Gasteiger partial charge on any atom is -0.447 e. The van der Waals surface area contributed by atoms with Crippen molar-refractivity contribution in [2.24, 2.45) is 5.92 Å². The Kier molecular flexibility index (Phi) is 6.05. The predicted molar refractivity (Wildman–Crippen MR) is 140 cm³/mol. The first-order chi connectivity index (χ1) is 18.6. The van der Waals surface area contributed by atoms with Crippen LogP contribution in [-0.2, 0) is 9.53 Å². The molecule has 0 bridgehead atoms. The highest BCUT2D eigenvalue weighted by atomic mass is 16.6. The zero-order valence-electron chi connectivity index (χ0n) is 20.2. The molecule has 1 aromatic heterocycles. The van der Waals surface area contributed by atoms with E-state index in [2.05, 4.69) is 4.98 Å². The van der Waals surface area contributed by atoms with Gasteiger partial charge in [-0.05, 0) is 34.7 Å². The van der Waals surface area contributed by atoms with Gasteiger partial charge in [0.1, 0.15) is 18.5 Å². The van der Waals surface area contributed by atoms with Crippen molar-refractivity contribution in [1.82, 2.24) is 14.8 Å². The molecule has 2 saturated heterocycles. The number of likely N-dealkylation sites (tertiary alicyclic amines) is 1. The van der Waals surface area contributed by atoms with Gasteiger partial charge >= 0.3 is 12.2 Å². The van der Waals surface area contributed by atoms with Crippen LogP contribution < -0.4 is 4.74 Å². The fourth-order valence-corrected chi connectivity index (χ4v) is 4.96. The molecule has 8 heteroatoms. The molecule has 188 valence electrons. The van der Waals surface area contributed by atoms with Gasteiger partial charge in [-0.15, -0.1) is 0 Å². The minimum atomic E-state index is -0.914. The Labute approximate surface area is 218 Å². The van der Waals surface area contributed by atoms with E-state index >= 15 is 0 Å². The van der Waals surface area contributed by atoms with E-state index in [-0.39, 0.29) is 6.61 Å². The van der Waals surface area contributed by atoms with Crippen LogP contribution in [0.4, 0.5) is 9.59 Å². The highest BCUT2D eigenvalue weighted by Gasteiger charge is 2.58. The second-order valence-electron chi connectivity index (χ2n) is 9.04. The number of β-lactam (4-membered cyclic amide) rings is 1. The zero-order chi connectivity index (χ0) is 26.1. The lowest BCUT2D eigenvalue weighted by Crippen LogP contribution is -2.69. The molecule has 4 aromatic rings. The van der Waals surface area contributed by atoms with Crippen molar-refractivity contribution >= 4 is 34.9 Å². The van der Waals surface area contributed by atoms with Crippen LogP contribution in [0.3, 0.4) is 0 Å². The van der Waals surface area contributed by atoms with Crippen molar-refractivity contribution in [3.8, 4) is 5.75 Å². The third kappa shape index (κ3) is 4.16. The number of hydrogen-bond acceptors (Lipinski definition) is 6. The van der Waals surface area contributed by atoms with Gasteiger partial charge in [-0.3, -0.25) is 14.7 Å². The molecule has 3 aromatic carbocycles. The lowest BCUT2D eigenvalue weighted by atomic mass is 9.89. The van der Waals surface area contributed by atoms with Crippen LogP contribution in [-0.4, -0.2) is 45.7 Å². The summed E-state index contributed by atoms with van der Waals surface area (Å²) in [6.45, 7) is 0.112. The molecule has 2 aliphatic heterocycles. The number of rotatable bonds is 5. The SMILES string of the molecule is O=C(Oc1ccccc1)N1C(=O)[C@H](C=Cc2cccc3ccncc23)[C@@H]1N1C(=O)OCC1c1ccccc1. The van der Waals surface area contributed by atoms with Crippen LogP contribution in [0.1, 0.15) is 17.2 Å². The largest absolute Gasteiger partial charge is 0.447 e. The molecule has 2 fully saturated rings. The molecule has 8 nitrogen and oxygen atoms in total. The number of amides is 3. The number of aromatic nitrogens is 1. The Morgan fingerprint density at radius 3 is 2.50 bits per heavy atom. The molecular formula is C30H23N3O5. The molecule has 38 heavy (non-hydrogen) atoms. The van der Waals surface area contributed by atoms with Crippen molar-refractivity contribution in [3.05, 3.63) is 115 Å². The van der Waals surface area contributed by atoms with E-state index in [4.69, 9.17) is 9.47 Å². The van der Waals surface area contributed by atoms with Crippen LogP contribution in [0.2, 0.25) is 0 Å². The van der Waals surface area contributed by atoms with Crippen LogP contribution in [0.25, 0.3) is 16.8 Å². The molecule has 6 rings (SSSR count). The van der Waals surface area contributed by atoms with Crippen LogP contribution in [0.15, 0.2) is 103 Å². The fraction of sp³-hybridized carbons (Fsp3) is 0.133. The van der Waals surface area contributed by atoms with Gasteiger partial charge in [-0.2, -0.15) is 0 Å². The number of hydrogen-bond donors (Lipinski definition) is 0. The quantitative estimate of drug-likeness (QED) is 0.336. The van der Waals surface area contributed by atoms with Crippen molar-refractivity contribution in [1.29, 1.82) is 0 Å². The molecule has 1 unspecified atom stereocenters. The smallest absolute Gasteiger partial charge is 0.423 e. The Balaban J connectivity index is 1.36. The molecule has 3 amide bonds. The van der Waals surface area contributed by atoms with Gasteiger partial charge < -0.3 is 9.47 Å². The molecule has 2 aliphatic rings. The van der Waals surface area contributed by atoms with E-state index in [1.54, 1.807) is 48.8 Å². The Morgan fingerprint density at radius 2 is 1.71 bits per heavy atom. The summed E-state index contributed by atoms with van der Waals surface area (Å²) in [6.07, 6.45) is 4.69. The summed E-state index contributed by atoms with van der Waals surface area (Å²) in [7, 11) is 0. The number of nitrogens with zero attached hydrogens (tertiary/aromatic N) is 3. The van der Waals surface area contributed by atoms with Gasteiger partial charge in [-0.1, -0.05) is 78.9 Å². The van der Waals surface area contributed by atoms with Gasteiger partial charge in [0, 0.05) is 17.8 Å². The Morgan fingerprint density at radius 1 is 0.947 bits per heavy atom. The number of cyclic esters (lactones) is 1. The van der Waals surface area contributed by atoms with Crippen molar-refractivity contribution in [2.75, 3.05) is 6.61 Å². The summed E-state index contributed by atoms with van der Waals surface area (Å²) in [5.41, 5.74) is 1.72. The minimum absolute atomic E-state index is 0.112. The van der Waals surface area contributed by atoms with E-state index in [0.29, 0.717) is 5.75 Å². The molecule has 0 spiro atoms. The summed E-state index contributed by atoms with van der Waals surface area (Å²) < 4.78 is 10.9. The average Bonchev–Trinajstić information content (AvgIpc) is 3.33. The van der Waals surface area contributed by atoms with E-state index in [0.717, 1.165) is 26.8 Å². The number of para-hydroxylation sites is 1. The molecule has 0 saturated carbocycles. The topological polar surface area (TPSA) is 89.0 Å². The number of carbonyl (C=O) groups is 3. The highest BCUT2D eigenvalue weighted by Crippen LogP contribution is 2.40. The standard InChI is InChI=1S/C30H23N3O5/c34-28-24(15-14-20-10-7-11-21-16-17-31-18-25(20)21)27(33(28)30(36)38-23-12-5-2-6-13-23)32-26(19-37-29(32)35)22-8-3-1-4-9-22/h1-18,24,26-27H,19H2/t24-,26?,27-/m1/s1. The second-order valence-corrected chi connectivity index (χ2v) is 9.04. The summed E-state index contributed by atoms with van der Waals surface area (Å²) in [5, 5.41) is 1.94. The molecule has 0 N–H and O–H groups in total. The number of fused-ring (bicyclic) bond motifs is 1. The third-order valence-corrected chi connectivity index (χ3v) is 6.83. The number of imide groups is 1. The molecule has 0 aliphatic carbocycles. The van der Waals surface area contributed by atoms with Crippen molar-refractivity contribution in [3.63, 3.8) is 0 Å². The summed E-state index contributed by atoms with van der Waals surface area (Å²) >= 11 is 0. The lowest BCUT2D eigenvalue weighted by Gasteiger charge is -2.48. The second kappa shape index (κ2) is 9.82. The lowest BCUT2D eigenvalue weighted by molar-refractivity contribution is -0.157. The first-order valence-corrected chi connectivity index (χ1v) is 12.2. The number of pyridine rings is 1. The molecule has 0 radical (unpaired) electrons. The predicted octanol–water partition coefficient (Wildman–Crippen LogP) is 5.43. The maximum atomic E-state index is 13.4. The fourth-order valence-electron chi connectivity index (χ4n) is 4.96. The van der Waals surface area contributed by atoms with Gasteiger partial charge in [0.05, 0.1) is 12.0 Å². The number of benzene rings is 3. The number of carbonyl (C=O) groups excluding carboxylic acids is 3. The highest BCUT2D eigenvalue weighted by molar-refractivity contribution is 6.02. The van der Waals surface area contributed by atoms with Crippen molar-refractivity contribution in [2.45, 2.75) is 12.2 Å². The van der Waals surface area contributed by atoms with Gasteiger partial charge in [-0.25, -0.2) is 14.5 Å². The van der Waals surface area contributed by atoms with E-state index in [1.807, 2.05) is 60.7 Å². The molecule has 3 heterocycles. The van der Waals surface area contributed by atoms with E-state index < -0.39 is 36.2 Å². The first-order valence-electron chi connectivity index (χ1n) is 12.2. The normalized spacial score (nSPS) is 21.0. The Hall–Kier alpha value is -4.98. The summed E-state index contributed by atoms with van der Waals surface area (Å²) in [6, 6.07) is 25.2. The van der Waals surface area contributed by atoms with Gasteiger partial charge in [0.15, 0.2) is 0 Å². The Bertz CT molecular complexity index is 1530. The summed E-state index contributed by atoms with van der Waals surface area (Å²) in [5.74, 6) is -0.936. The van der Waals surface area contributed by atoms with Crippen LogP contribution in [0, 0.1) is 5.92 Å². The van der Waals surface area contributed by atoms with Crippen LogP contribution >= 0.6 is 0 Å². The first kappa shape index (κ1) is 23.4. The number of ether oxygens (including phenoxy) is 2. The van der Waals surface area contributed by atoms with E-state index in [9.17, 15) is 14.4 Å². The maximum absolute atomic E-state index is 13.4. The average molecular weight is 506 g/mol.